The van der Waals surface area contributed by atoms with E-state index in [1.54, 1.807) is 4.90 Å². The number of likely N-dealkylation sites (tertiary alicyclic amines) is 1. The summed E-state index contributed by atoms with van der Waals surface area (Å²) in [4.78, 5) is 38.4. The Morgan fingerprint density at radius 2 is 1.84 bits per heavy atom. The van der Waals surface area contributed by atoms with E-state index < -0.39 is 17.8 Å². The molecule has 3 rings (SSSR count). The Morgan fingerprint density at radius 1 is 1.13 bits per heavy atom. The molecule has 0 bridgehead atoms. The summed E-state index contributed by atoms with van der Waals surface area (Å²) in [6.45, 7) is 4.84. The first-order valence-electron chi connectivity index (χ1n) is 10.8. The summed E-state index contributed by atoms with van der Waals surface area (Å²) in [6, 6.07) is 17.6. The maximum Gasteiger partial charge on any atom is 0.311 e. The molecule has 2 atom stereocenters. The zero-order valence-electron chi connectivity index (χ0n) is 18.2. The van der Waals surface area contributed by atoms with Gasteiger partial charge in [0.25, 0.3) is 5.91 Å². The zero-order valence-corrected chi connectivity index (χ0v) is 18.2. The summed E-state index contributed by atoms with van der Waals surface area (Å²) >= 11 is 0. The molecule has 0 aliphatic carbocycles. The lowest BCUT2D eigenvalue weighted by atomic mass is 9.99. The lowest BCUT2D eigenvalue weighted by Gasteiger charge is -2.16. The summed E-state index contributed by atoms with van der Waals surface area (Å²) in [5, 5.41) is 2.73. The van der Waals surface area contributed by atoms with Gasteiger partial charge in [0.2, 0.25) is 5.91 Å². The number of benzene rings is 2. The van der Waals surface area contributed by atoms with Gasteiger partial charge < -0.3 is 15.0 Å². The normalized spacial score (nSPS) is 16.8. The van der Waals surface area contributed by atoms with Crippen molar-refractivity contribution < 1.29 is 19.1 Å². The van der Waals surface area contributed by atoms with Crippen LogP contribution in [0.3, 0.4) is 0 Å². The largest absolute Gasteiger partial charge is 0.455 e. The molecule has 2 aromatic carbocycles. The van der Waals surface area contributed by atoms with E-state index in [-0.39, 0.29) is 18.9 Å². The number of anilines is 1. The summed E-state index contributed by atoms with van der Waals surface area (Å²) in [5.41, 5.74) is 3.03. The fraction of sp³-hybridized carbons (Fsp3) is 0.400. The van der Waals surface area contributed by atoms with E-state index in [2.05, 4.69) is 19.2 Å². The van der Waals surface area contributed by atoms with Crippen molar-refractivity contribution in [3.8, 4) is 0 Å². The predicted molar refractivity (Wildman–Crippen MR) is 120 cm³/mol. The van der Waals surface area contributed by atoms with Crippen LogP contribution >= 0.6 is 0 Å². The monoisotopic (exact) mass is 422 g/mol. The minimum atomic E-state index is -0.522. The van der Waals surface area contributed by atoms with Crippen molar-refractivity contribution in [2.24, 2.45) is 5.92 Å². The van der Waals surface area contributed by atoms with E-state index in [4.69, 9.17) is 4.74 Å². The number of hydrogen-bond acceptors (Lipinski definition) is 4. The van der Waals surface area contributed by atoms with Crippen LogP contribution in [0.1, 0.15) is 43.7 Å². The van der Waals surface area contributed by atoms with Crippen molar-refractivity contribution in [2.75, 3.05) is 25.0 Å². The number of amides is 2. The van der Waals surface area contributed by atoms with E-state index in [1.165, 1.54) is 5.56 Å². The molecule has 1 aliphatic heterocycles. The first-order valence-corrected chi connectivity index (χ1v) is 10.8. The molecule has 0 aromatic heterocycles. The van der Waals surface area contributed by atoms with Crippen LogP contribution in [0.15, 0.2) is 54.6 Å². The van der Waals surface area contributed by atoms with Gasteiger partial charge in [-0.05, 0) is 42.0 Å². The van der Waals surface area contributed by atoms with E-state index in [9.17, 15) is 14.4 Å². The molecule has 31 heavy (non-hydrogen) atoms. The molecule has 6 nitrogen and oxygen atoms in total. The molecule has 0 spiro atoms. The second kappa shape index (κ2) is 10.8. The SMILES string of the molecule is CC[C@H](C)c1ccc(NC(=O)COC(=O)[C@H]2CC(=O)N(CCc3ccccc3)C2)cc1. The van der Waals surface area contributed by atoms with Gasteiger partial charge in [0.05, 0.1) is 5.92 Å². The molecular formula is C25H30N2O4. The summed E-state index contributed by atoms with van der Waals surface area (Å²) in [7, 11) is 0. The Labute approximate surface area is 183 Å². The molecular weight excluding hydrogens is 392 g/mol. The Morgan fingerprint density at radius 3 is 2.52 bits per heavy atom. The Bertz CT molecular complexity index is 895. The van der Waals surface area contributed by atoms with Crippen molar-refractivity contribution in [1.29, 1.82) is 0 Å². The molecule has 0 saturated carbocycles. The minimum absolute atomic E-state index is 0.0521. The predicted octanol–water partition coefficient (Wildman–Crippen LogP) is 3.77. The number of carbonyl (C=O) groups excluding carboxylic acids is 3. The quantitative estimate of drug-likeness (QED) is 0.624. The lowest BCUT2D eigenvalue weighted by molar-refractivity contribution is -0.151. The second-order valence-corrected chi connectivity index (χ2v) is 8.06. The number of ether oxygens (including phenoxy) is 1. The molecule has 2 aromatic rings. The number of rotatable bonds is 9. The highest BCUT2D eigenvalue weighted by atomic mass is 16.5. The standard InChI is InChI=1S/C25H30N2O4/c1-3-18(2)20-9-11-22(12-10-20)26-23(28)17-31-25(30)21-15-24(29)27(16-21)14-13-19-7-5-4-6-8-19/h4-12,18,21H,3,13-17H2,1-2H3,(H,26,28)/t18-,21-/m0/s1. The second-order valence-electron chi connectivity index (χ2n) is 8.06. The van der Waals surface area contributed by atoms with Crippen molar-refractivity contribution in [3.63, 3.8) is 0 Å². The molecule has 1 heterocycles. The van der Waals surface area contributed by atoms with E-state index in [1.807, 2.05) is 54.6 Å². The van der Waals surface area contributed by atoms with Crippen LogP contribution in [0.2, 0.25) is 0 Å². The van der Waals surface area contributed by atoms with Gasteiger partial charge in [-0.3, -0.25) is 14.4 Å². The maximum atomic E-state index is 12.3. The van der Waals surface area contributed by atoms with E-state index in [0.717, 1.165) is 18.4 Å². The van der Waals surface area contributed by atoms with Crippen molar-refractivity contribution in [2.45, 2.75) is 39.0 Å². The average Bonchev–Trinajstić information content (AvgIpc) is 3.17. The Hall–Kier alpha value is -3.15. The van der Waals surface area contributed by atoms with Crippen LogP contribution in [0, 0.1) is 5.92 Å². The van der Waals surface area contributed by atoms with Gasteiger partial charge in [0.1, 0.15) is 0 Å². The van der Waals surface area contributed by atoms with Crippen LogP contribution in [-0.2, 0) is 25.5 Å². The third-order valence-corrected chi connectivity index (χ3v) is 5.78. The van der Waals surface area contributed by atoms with Gasteiger partial charge in [-0.2, -0.15) is 0 Å². The fourth-order valence-electron chi connectivity index (χ4n) is 3.64. The van der Waals surface area contributed by atoms with Gasteiger partial charge in [-0.15, -0.1) is 0 Å². The number of hydrogen-bond donors (Lipinski definition) is 1. The van der Waals surface area contributed by atoms with Gasteiger partial charge in [-0.1, -0.05) is 56.3 Å². The smallest absolute Gasteiger partial charge is 0.311 e. The Balaban J connectivity index is 1.41. The highest BCUT2D eigenvalue weighted by Crippen LogP contribution is 2.21. The van der Waals surface area contributed by atoms with Gasteiger partial charge in [0, 0.05) is 25.2 Å². The fourth-order valence-corrected chi connectivity index (χ4v) is 3.64. The molecule has 2 amide bonds. The molecule has 1 saturated heterocycles. The Kier molecular flexibility index (Phi) is 7.82. The van der Waals surface area contributed by atoms with E-state index >= 15 is 0 Å². The van der Waals surface area contributed by atoms with Crippen LogP contribution in [0.25, 0.3) is 0 Å². The average molecular weight is 423 g/mol. The van der Waals surface area contributed by atoms with Crippen molar-refractivity contribution in [3.05, 3.63) is 65.7 Å². The number of nitrogens with one attached hydrogen (secondary N) is 1. The molecule has 0 radical (unpaired) electrons. The topological polar surface area (TPSA) is 75.7 Å². The van der Waals surface area contributed by atoms with Crippen LogP contribution in [0.5, 0.6) is 0 Å². The third kappa shape index (κ3) is 6.41. The van der Waals surface area contributed by atoms with Crippen molar-refractivity contribution >= 4 is 23.5 Å². The summed E-state index contributed by atoms with van der Waals surface area (Å²) in [6.07, 6.45) is 1.92. The highest BCUT2D eigenvalue weighted by Gasteiger charge is 2.35. The number of esters is 1. The third-order valence-electron chi connectivity index (χ3n) is 5.78. The molecule has 0 unspecified atom stereocenters. The van der Waals surface area contributed by atoms with Gasteiger partial charge in [-0.25, -0.2) is 0 Å². The first kappa shape index (κ1) is 22.5. The summed E-state index contributed by atoms with van der Waals surface area (Å²) < 4.78 is 5.17. The zero-order chi connectivity index (χ0) is 22.2. The number of carbonyl (C=O) groups is 3. The molecule has 164 valence electrons. The highest BCUT2D eigenvalue weighted by molar-refractivity contribution is 5.93. The molecule has 1 fully saturated rings. The van der Waals surface area contributed by atoms with Crippen LogP contribution in [-0.4, -0.2) is 42.4 Å². The lowest BCUT2D eigenvalue weighted by Crippen LogP contribution is -2.29. The minimum Gasteiger partial charge on any atom is -0.455 e. The van der Waals surface area contributed by atoms with Crippen LogP contribution < -0.4 is 5.32 Å². The maximum absolute atomic E-state index is 12.3. The molecule has 1 aliphatic rings. The van der Waals surface area contributed by atoms with Gasteiger partial charge >= 0.3 is 5.97 Å². The number of nitrogens with zero attached hydrogens (tertiary/aromatic N) is 1. The van der Waals surface area contributed by atoms with Crippen LogP contribution in [0.4, 0.5) is 5.69 Å². The van der Waals surface area contributed by atoms with Gasteiger partial charge in [0.15, 0.2) is 6.61 Å². The molecule has 1 N–H and O–H groups in total. The summed E-state index contributed by atoms with van der Waals surface area (Å²) in [5.74, 6) is -1.01. The van der Waals surface area contributed by atoms with Crippen molar-refractivity contribution in [1.82, 2.24) is 4.90 Å². The van der Waals surface area contributed by atoms with E-state index in [0.29, 0.717) is 24.7 Å². The molecule has 6 heteroatoms. The first-order chi connectivity index (χ1) is 15.0.